The van der Waals surface area contributed by atoms with Crippen LogP contribution in [-0.2, 0) is 19.0 Å². The summed E-state index contributed by atoms with van der Waals surface area (Å²) in [6.07, 6.45) is 4.46. The van der Waals surface area contributed by atoms with Gasteiger partial charge in [0.25, 0.3) is 0 Å². The molecule has 5 nitrogen and oxygen atoms in total. The standard InChI is InChI=1S/C12H21NO4/c1-15-11(14)12(13)5-4-9(7-12)17-8-10-3-2-6-16-10/h9-10H,2-8,13H2,1H3. The van der Waals surface area contributed by atoms with E-state index >= 15 is 0 Å². The molecule has 17 heavy (non-hydrogen) atoms. The molecule has 3 atom stereocenters. The second-order valence-corrected chi connectivity index (χ2v) is 4.98. The number of esters is 1. The molecule has 0 aromatic carbocycles. The molecule has 0 spiro atoms. The molecule has 1 aliphatic carbocycles. The Labute approximate surface area is 102 Å². The minimum atomic E-state index is -0.851. The maximum absolute atomic E-state index is 11.5. The lowest BCUT2D eigenvalue weighted by Crippen LogP contribution is -2.46. The van der Waals surface area contributed by atoms with Crippen LogP contribution in [0.4, 0.5) is 0 Å². The molecule has 0 aromatic rings. The predicted octanol–water partition coefficient (Wildman–Crippen LogP) is 0.605. The summed E-state index contributed by atoms with van der Waals surface area (Å²) in [5.41, 5.74) is 5.15. The quantitative estimate of drug-likeness (QED) is 0.732. The number of hydrogen-bond acceptors (Lipinski definition) is 5. The fourth-order valence-corrected chi connectivity index (χ4v) is 2.58. The van der Waals surface area contributed by atoms with Gasteiger partial charge in [-0.05, 0) is 25.7 Å². The van der Waals surface area contributed by atoms with Crippen molar-refractivity contribution in [2.45, 2.75) is 49.9 Å². The summed E-state index contributed by atoms with van der Waals surface area (Å²) in [5, 5.41) is 0. The highest BCUT2D eigenvalue weighted by Gasteiger charge is 2.43. The minimum Gasteiger partial charge on any atom is -0.468 e. The molecule has 0 radical (unpaired) electrons. The Bertz CT molecular complexity index is 278. The second kappa shape index (κ2) is 5.33. The summed E-state index contributed by atoms with van der Waals surface area (Å²) in [6.45, 7) is 1.45. The molecule has 2 aliphatic rings. The van der Waals surface area contributed by atoms with Gasteiger partial charge >= 0.3 is 5.97 Å². The summed E-state index contributed by atoms with van der Waals surface area (Å²) < 4.78 is 16.0. The number of carbonyl (C=O) groups is 1. The van der Waals surface area contributed by atoms with Gasteiger partial charge in [0.05, 0.1) is 25.9 Å². The molecule has 3 unspecified atom stereocenters. The smallest absolute Gasteiger partial charge is 0.325 e. The largest absolute Gasteiger partial charge is 0.468 e. The lowest BCUT2D eigenvalue weighted by atomic mass is 10.00. The number of carbonyl (C=O) groups excluding carboxylic acids is 1. The topological polar surface area (TPSA) is 70.8 Å². The normalized spacial score (nSPS) is 37.3. The first kappa shape index (κ1) is 12.8. The highest BCUT2D eigenvalue weighted by molar-refractivity contribution is 5.80. The Morgan fingerprint density at radius 2 is 2.35 bits per heavy atom. The average molecular weight is 243 g/mol. The van der Waals surface area contributed by atoms with Crippen LogP contribution in [0.25, 0.3) is 0 Å². The summed E-state index contributed by atoms with van der Waals surface area (Å²) in [4.78, 5) is 11.5. The van der Waals surface area contributed by atoms with Crippen molar-refractivity contribution < 1.29 is 19.0 Å². The average Bonchev–Trinajstić information content (AvgIpc) is 2.95. The molecular formula is C12H21NO4. The third-order valence-electron chi connectivity index (χ3n) is 3.64. The molecule has 5 heteroatoms. The van der Waals surface area contributed by atoms with Crippen molar-refractivity contribution in [2.24, 2.45) is 5.73 Å². The third-order valence-corrected chi connectivity index (χ3v) is 3.64. The summed E-state index contributed by atoms with van der Waals surface area (Å²) in [5.74, 6) is -0.333. The highest BCUT2D eigenvalue weighted by atomic mass is 16.5. The molecule has 1 aliphatic heterocycles. The number of methoxy groups -OCH3 is 1. The zero-order valence-corrected chi connectivity index (χ0v) is 10.3. The SMILES string of the molecule is COC(=O)C1(N)CCC(OCC2CCCO2)C1. The summed E-state index contributed by atoms with van der Waals surface area (Å²) in [7, 11) is 1.37. The Hall–Kier alpha value is -0.650. The number of ether oxygens (including phenoxy) is 3. The molecule has 0 aromatic heterocycles. The van der Waals surface area contributed by atoms with Crippen LogP contribution in [0.2, 0.25) is 0 Å². The van der Waals surface area contributed by atoms with E-state index in [-0.39, 0.29) is 18.2 Å². The molecule has 2 N–H and O–H groups in total. The van der Waals surface area contributed by atoms with E-state index in [0.717, 1.165) is 25.9 Å². The number of rotatable bonds is 4. The first-order chi connectivity index (χ1) is 8.14. The van der Waals surface area contributed by atoms with Crippen LogP contribution in [-0.4, -0.2) is 44.0 Å². The van der Waals surface area contributed by atoms with Gasteiger partial charge < -0.3 is 19.9 Å². The fourth-order valence-electron chi connectivity index (χ4n) is 2.58. The summed E-state index contributed by atoms with van der Waals surface area (Å²) in [6, 6.07) is 0. The van der Waals surface area contributed by atoms with E-state index in [1.165, 1.54) is 7.11 Å². The predicted molar refractivity (Wildman–Crippen MR) is 61.5 cm³/mol. The second-order valence-electron chi connectivity index (χ2n) is 4.98. The minimum absolute atomic E-state index is 0.0586. The lowest BCUT2D eigenvalue weighted by molar-refractivity contribution is -0.147. The van der Waals surface area contributed by atoms with Crippen molar-refractivity contribution in [1.82, 2.24) is 0 Å². The van der Waals surface area contributed by atoms with Crippen molar-refractivity contribution in [3.63, 3.8) is 0 Å². The molecule has 1 saturated heterocycles. The zero-order chi connectivity index (χ0) is 12.3. The first-order valence-electron chi connectivity index (χ1n) is 6.24. The van der Waals surface area contributed by atoms with Crippen LogP contribution in [0, 0.1) is 0 Å². The molecule has 0 amide bonds. The van der Waals surface area contributed by atoms with E-state index in [2.05, 4.69) is 0 Å². The molecular weight excluding hydrogens is 222 g/mol. The van der Waals surface area contributed by atoms with Crippen LogP contribution in [0.1, 0.15) is 32.1 Å². The van der Waals surface area contributed by atoms with Crippen molar-refractivity contribution >= 4 is 5.97 Å². The van der Waals surface area contributed by atoms with E-state index in [1.54, 1.807) is 0 Å². The van der Waals surface area contributed by atoms with E-state index in [0.29, 0.717) is 19.4 Å². The monoisotopic (exact) mass is 243 g/mol. The zero-order valence-electron chi connectivity index (χ0n) is 10.3. The van der Waals surface area contributed by atoms with Gasteiger partial charge in [-0.2, -0.15) is 0 Å². The molecule has 2 fully saturated rings. The van der Waals surface area contributed by atoms with Gasteiger partial charge in [0.1, 0.15) is 5.54 Å². The van der Waals surface area contributed by atoms with Gasteiger partial charge in [-0.3, -0.25) is 4.79 Å². The van der Waals surface area contributed by atoms with Crippen LogP contribution >= 0.6 is 0 Å². The molecule has 1 heterocycles. The van der Waals surface area contributed by atoms with Crippen LogP contribution < -0.4 is 5.73 Å². The van der Waals surface area contributed by atoms with Gasteiger partial charge in [-0.25, -0.2) is 0 Å². The molecule has 0 bridgehead atoms. The van der Waals surface area contributed by atoms with Gasteiger partial charge in [0.2, 0.25) is 0 Å². The van der Waals surface area contributed by atoms with Crippen LogP contribution in [0.15, 0.2) is 0 Å². The molecule has 98 valence electrons. The van der Waals surface area contributed by atoms with Crippen LogP contribution in [0.5, 0.6) is 0 Å². The lowest BCUT2D eigenvalue weighted by Gasteiger charge is -2.21. The van der Waals surface area contributed by atoms with Gasteiger partial charge in [-0.1, -0.05) is 0 Å². The van der Waals surface area contributed by atoms with E-state index in [4.69, 9.17) is 19.9 Å². The fraction of sp³-hybridized carbons (Fsp3) is 0.917. The van der Waals surface area contributed by atoms with Crippen molar-refractivity contribution in [2.75, 3.05) is 20.3 Å². The van der Waals surface area contributed by atoms with Crippen molar-refractivity contribution in [3.8, 4) is 0 Å². The Morgan fingerprint density at radius 1 is 1.53 bits per heavy atom. The van der Waals surface area contributed by atoms with Gasteiger partial charge in [0.15, 0.2) is 0 Å². The maximum atomic E-state index is 11.5. The van der Waals surface area contributed by atoms with Gasteiger partial charge in [0, 0.05) is 13.0 Å². The third kappa shape index (κ3) is 2.97. The summed E-state index contributed by atoms with van der Waals surface area (Å²) >= 11 is 0. The van der Waals surface area contributed by atoms with E-state index in [1.807, 2.05) is 0 Å². The molecule has 2 rings (SSSR count). The number of hydrogen-bond donors (Lipinski definition) is 1. The van der Waals surface area contributed by atoms with Crippen molar-refractivity contribution in [3.05, 3.63) is 0 Å². The van der Waals surface area contributed by atoms with Crippen LogP contribution in [0.3, 0.4) is 0 Å². The number of nitrogens with two attached hydrogens (primary N) is 1. The molecule has 1 saturated carbocycles. The maximum Gasteiger partial charge on any atom is 0.325 e. The van der Waals surface area contributed by atoms with Crippen molar-refractivity contribution in [1.29, 1.82) is 0 Å². The van der Waals surface area contributed by atoms with Gasteiger partial charge in [-0.15, -0.1) is 0 Å². The Kier molecular flexibility index (Phi) is 4.01. The Balaban J connectivity index is 1.75. The van der Waals surface area contributed by atoms with E-state index < -0.39 is 5.54 Å². The Morgan fingerprint density at radius 3 is 3.00 bits per heavy atom. The first-order valence-corrected chi connectivity index (χ1v) is 6.24. The highest BCUT2D eigenvalue weighted by Crippen LogP contribution is 2.31. The van der Waals surface area contributed by atoms with E-state index in [9.17, 15) is 4.79 Å².